The summed E-state index contributed by atoms with van der Waals surface area (Å²) < 4.78 is 10.9. The number of aliphatic carboxylic acids is 1. The highest BCUT2D eigenvalue weighted by Crippen LogP contribution is 2.20. The molecule has 0 saturated carbocycles. The average Bonchev–Trinajstić information content (AvgIpc) is 2.99. The molecule has 7 heteroatoms. The molecule has 0 bridgehead atoms. The van der Waals surface area contributed by atoms with E-state index in [2.05, 4.69) is 5.16 Å². The molecule has 1 aromatic heterocycles. The number of benzene rings is 1. The standard InChI is InChI=1S/C20H24N2O5/c1-13-18(14(2)27-21-13)12-26-17-7-5-15(6-8-17)10-19(23)22-9-3-4-16(11-22)20(24)25/h5-8,16H,3-4,9-12H2,1-2H3,(H,24,25)/t16-/m0/s1. The van der Waals surface area contributed by atoms with Crippen LogP contribution in [-0.4, -0.2) is 40.1 Å². The molecule has 2 aromatic rings. The van der Waals surface area contributed by atoms with Gasteiger partial charge in [0.15, 0.2) is 0 Å². The first-order chi connectivity index (χ1) is 12.9. The lowest BCUT2D eigenvalue weighted by Gasteiger charge is -2.30. The van der Waals surface area contributed by atoms with E-state index in [4.69, 9.17) is 14.4 Å². The van der Waals surface area contributed by atoms with Crippen molar-refractivity contribution in [1.82, 2.24) is 10.1 Å². The normalized spacial score (nSPS) is 17.0. The maximum absolute atomic E-state index is 12.5. The predicted octanol–water partition coefficient (Wildman–Crippen LogP) is 2.74. The van der Waals surface area contributed by atoms with Crippen LogP contribution in [0.3, 0.4) is 0 Å². The Balaban J connectivity index is 1.54. The van der Waals surface area contributed by atoms with Crippen LogP contribution in [0.2, 0.25) is 0 Å². The van der Waals surface area contributed by atoms with E-state index >= 15 is 0 Å². The van der Waals surface area contributed by atoms with Gasteiger partial charge in [0, 0.05) is 13.1 Å². The first-order valence-corrected chi connectivity index (χ1v) is 9.08. The van der Waals surface area contributed by atoms with Gasteiger partial charge in [0.05, 0.1) is 23.6 Å². The fraction of sp³-hybridized carbons (Fsp3) is 0.450. The van der Waals surface area contributed by atoms with Gasteiger partial charge >= 0.3 is 5.97 Å². The molecule has 3 rings (SSSR count). The van der Waals surface area contributed by atoms with Crippen molar-refractivity contribution >= 4 is 11.9 Å². The van der Waals surface area contributed by atoms with Gasteiger partial charge in [0.1, 0.15) is 18.1 Å². The summed E-state index contributed by atoms with van der Waals surface area (Å²) in [5.41, 5.74) is 2.63. The summed E-state index contributed by atoms with van der Waals surface area (Å²) in [5.74, 6) is 0.131. The fourth-order valence-electron chi connectivity index (χ4n) is 3.26. The number of aryl methyl sites for hydroxylation is 2. The molecule has 144 valence electrons. The molecule has 0 radical (unpaired) electrons. The Morgan fingerprint density at radius 3 is 2.67 bits per heavy atom. The lowest BCUT2D eigenvalue weighted by Crippen LogP contribution is -2.42. The lowest BCUT2D eigenvalue weighted by molar-refractivity contribution is -0.145. The van der Waals surface area contributed by atoms with Crippen LogP contribution in [0.25, 0.3) is 0 Å². The molecule has 27 heavy (non-hydrogen) atoms. The molecule has 1 aromatic carbocycles. The van der Waals surface area contributed by atoms with Crippen molar-refractivity contribution in [3.05, 3.63) is 46.8 Å². The van der Waals surface area contributed by atoms with Crippen molar-refractivity contribution in [1.29, 1.82) is 0 Å². The molecule has 0 aliphatic carbocycles. The second kappa shape index (κ2) is 8.24. The van der Waals surface area contributed by atoms with Crippen molar-refractivity contribution in [2.45, 2.75) is 39.7 Å². The number of piperidine rings is 1. The molecule has 2 heterocycles. The lowest BCUT2D eigenvalue weighted by atomic mass is 9.97. The van der Waals surface area contributed by atoms with Gasteiger partial charge in [0.25, 0.3) is 0 Å². The fourth-order valence-corrected chi connectivity index (χ4v) is 3.26. The van der Waals surface area contributed by atoms with E-state index in [9.17, 15) is 9.59 Å². The van der Waals surface area contributed by atoms with E-state index in [1.807, 2.05) is 38.1 Å². The van der Waals surface area contributed by atoms with E-state index in [0.717, 1.165) is 29.0 Å². The van der Waals surface area contributed by atoms with Gasteiger partial charge < -0.3 is 19.3 Å². The summed E-state index contributed by atoms with van der Waals surface area (Å²) in [6.07, 6.45) is 1.63. The molecule has 1 aliphatic rings. The third-order valence-corrected chi connectivity index (χ3v) is 4.97. The van der Waals surface area contributed by atoms with Crippen LogP contribution in [0.1, 0.15) is 35.4 Å². The number of carboxylic acid groups (broad SMARTS) is 1. The summed E-state index contributed by atoms with van der Waals surface area (Å²) in [4.78, 5) is 25.3. The van der Waals surface area contributed by atoms with Crippen LogP contribution >= 0.6 is 0 Å². The van der Waals surface area contributed by atoms with Crippen LogP contribution in [0.5, 0.6) is 5.75 Å². The minimum Gasteiger partial charge on any atom is -0.489 e. The zero-order valence-corrected chi connectivity index (χ0v) is 15.6. The highest BCUT2D eigenvalue weighted by molar-refractivity contribution is 5.80. The van der Waals surface area contributed by atoms with Gasteiger partial charge in [-0.2, -0.15) is 0 Å². The number of ether oxygens (including phenoxy) is 1. The Morgan fingerprint density at radius 1 is 1.30 bits per heavy atom. The zero-order chi connectivity index (χ0) is 19.4. The number of rotatable bonds is 6. The minimum atomic E-state index is -0.827. The summed E-state index contributed by atoms with van der Waals surface area (Å²) in [5, 5.41) is 13.1. The number of hydrogen-bond donors (Lipinski definition) is 1. The molecule has 0 spiro atoms. The number of carbonyl (C=O) groups excluding carboxylic acids is 1. The molecule has 1 atom stereocenters. The highest BCUT2D eigenvalue weighted by atomic mass is 16.5. The van der Waals surface area contributed by atoms with E-state index in [-0.39, 0.29) is 12.3 Å². The molecule has 7 nitrogen and oxygen atoms in total. The van der Waals surface area contributed by atoms with Crippen molar-refractivity contribution < 1.29 is 24.0 Å². The Kier molecular flexibility index (Phi) is 5.78. The second-order valence-corrected chi connectivity index (χ2v) is 6.93. The van der Waals surface area contributed by atoms with Gasteiger partial charge in [-0.1, -0.05) is 17.3 Å². The molecule has 1 fully saturated rings. The molecule has 1 saturated heterocycles. The first-order valence-electron chi connectivity index (χ1n) is 9.08. The SMILES string of the molecule is Cc1noc(C)c1COc1ccc(CC(=O)N2CCC[C@H](C(=O)O)C2)cc1. The van der Waals surface area contributed by atoms with Crippen LogP contribution in [-0.2, 0) is 22.6 Å². The van der Waals surface area contributed by atoms with E-state index < -0.39 is 11.9 Å². The summed E-state index contributed by atoms with van der Waals surface area (Å²) in [6, 6.07) is 7.38. The van der Waals surface area contributed by atoms with Gasteiger partial charge in [-0.3, -0.25) is 9.59 Å². The average molecular weight is 372 g/mol. The van der Waals surface area contributed by atoms with Crippen molar-refractivity contribution in [3.63, 3.8) is 0 Å². The Hall–Kier alpha value is -2.83. The summed E-state index contributed by atoms with van der Waals surface area (Å²) in [6.45, 7) is 5.03. The van der Waals surface area contributed by atoms with E-state index in [0.29, 0.717) is 31.9 Å². The van der Waals surface area contributed by atoms with Gasteiger partial charge in [-0.15, -0.1) is 0 Å². The number of likely N-dealkylation sites (tertiary alicyclic amines) is 1. The second-order valence-electron chi connectivity index (χ2n) is 6.93. The number of aromatic nitrogens is 1. The Morgan fingerprint density at radius 2 is 2.04 bits per heavy atom. The van der Waals surface area contributed by atoms with E-state index in [1.165, 1.54) is 0 Å². The molecule has 1 amide bonds. The van der Waals surface area contributed by atoms with Crippen LogP contribution < -0.4 is 4.74 Å². The van der Waals surface area contributed by atoms with Crippen LogP contribution in [0, 0.1) is 19.8 Å². The van der Waals surface area contributed by atoms with Crippen LogP contribution in [0.15, 0.2) is 28.8 Å². The zero-order valence-electron chi connectivity index (χ0n) is 15.6. The Bertz CT molecular complexity index is 793. The topological polar surface area (TPSA) is 92.9 Å². The largest absolute Gasteiger partial charge is 0.489 e. The number of nitrogens with zero attached hydrogens (tertiary/aromatic N) is 2. The third-order valence-electron chi connectivity index (χ3n) is 4.97. The minimum absolute atomic E-state index is 0.0367. The number of hydrogen-bond acceptors (Lipinski definition) is 5. The summed E-state index contributed by atoms with van der Waals surface area (Å²) >= 11 is 0. The third kappa shape index (κ3) is 4.67. The molecule has 1 aliphatic heterocycles. The molecular weight excluding hydrogens is 348 g/mol. The maximum Gasteiger partial charge on any atom is 0.308 e. The summed E-state index contributed by atoms with van der Waals surface area (Å²) in [7, 11) is 0. The molecular formula is C20H24N2O5. The van der Waals surface area contributed by atoms with Crippen molar-refractivity contribution in [2.24, 2.45) is 5.92 Å². The van der Waals surface area contributed by atoms with Crippen molar-refractivity contribution in [2.75, 3.05) is 13.1 Å². The number of amides is 1. The number of carbonyl (C=O) groups is 2. The van der Waals surface area contributed by atoms with Gasteiger partial charge in [-0.05, 0) is 44.4 Å². The highest BCUT2D eigenvalue weighted by Gasteiger charge is 2.27. The molecule has 0 unspecified atom stereocenters. The maximum atomic E-state index is 12.5. The molecule has 1 N–H and O–H groups in total. The van der Waals surface area contributed by atoms with Crippen molar-refractivity contribution in [3.8, 4) is 5.75 Å². The monoisotopic (exact) mass is 372 g/mol. The predicted molar refractivity (Wildman–Crippen MR) is 97.4 cm³/mol. The van der Waals surface area contributed by atoms with E-state index in [1.54, 1.807) is 4.90 Å². The quantitative estimate of drug-likeness (QED) is 0.838. The Labute approximate surface area is 157 Å². The first kappa shape index (κ1) is 18.9. The van der Waals surface area contributed by atoms with Gasteiger partial charge in [0.2, 0.25) is 5.91 Å². The smallest absolute Gasteiger partial charge is 0.308 e. The van der Waals surface area contributed by atoms with Crippen LogP contribution in [0.4, 0.5) is 0 Å². The number of carboxylic acids is 1. The van der Waals surface area contributed by atoms with Gasteiger partial charge in [-0.25, -0.2) is 0 Å².